The van der Waals surface area contributed by atoms with Crippen LogP contribution in [0.25, 0.3) is 10.8 Å². The lowest BCUT2D eigenvalue weighted by Gasteiger charge is -2.06. The lowest BCUT2D eigenvalue weighted by molar-refractivity contribution is 0.456. The molecule has 30 heavy (non-hydrogen) atoms. The van der Waals surface area contributed by atoms with Crippen LogP contribution in [0.4, 0.5) is 22.7 Å². The molecule has 0 atom stereocenters. The van der Waals surface area contributed by atoms with Crippen LogP contribution in [0.2, 0.25) is 0 Å². The summed E-state index contributed by atoms with van der Waals surface area (Å²) in [4.78, 5) is 0. The molecule has 0 aliphatic heterocycles. The van der Waals surface area contributed by atoms with Crippen molar-refractivity contribution in [1.82, 2.24) is 0 Å². The van der Waals surface area contributed by atoms with E-state index in [0.29, 0.717) is 27.8 Å². The minimum absolute atomic E-state index is 0.0389. The summed E-state index contributed by atoms with van der Waals surface area (Å²) in [5.41, 5.74) is 2.65. The number of aromatic hydroxyl groups is 3. The smallest absolute Gasteiger partial charge is 0.147 e. The zero-order chi connectivity index (χ0) is 21.1. The molecular formula is C23H18N4O3. The van der Waals surface area contributed by atoms with Gasteiger partial charge in [-0.25, -0.2) is 0 Å². The maximum atomic E-state index is 10.2. The molecule has 0 saturated heterocycles. The quantitative estimate of drug-likeness (QED) is 0.319. The van der Waals surface area contributed by atoms with E-state index in [9.17, 15) is 15.3 Å². The average molecular weight is 398 g/mol. The minimum atomic E-state index is -0.192. The molecule has 3 N–H and O–H groups in total. The summed E-state index contributed by atoms with van der Waals surface area (Å²) in [6.07, 6.45) is 0. The van der Waals surface area contributed by atoms with Crippen molar-refractivity contribution in [3.8, 4) is 17.2 Å². The van der Waals surface area contributed by atoms with Gasteiger partial charge in [-0.3, -0.25) is 0 Å². The zero-order valence-electron chi connectivity index (χ0n) is 16.1. The average Bonchev–Trinajstić information content (AvgIpc) is 2.73. The lowest BCUT2D eigenvalue weighted by atomic mass is 10.1. The molecule has 4 aromatic rings. The second kappa shape index (κ2) is 8.00. The molecule has 0 aromatic heterocycles. The first-order valence-corrected chi connectivity index (χ1v) is 9.18. The molecule has 0 amide bonds. The Hall–Kier alpha value is -4.26. The fourth-order valence-corrected chi connectivity index (χ4v) is 3.00. The Kier molecular flexibility index (Phi) is 5.09. The first-order chi connectivity index (χ1) is 14.5. The van der Waals surface area contributed by atoms with Gasteiger partial charge < -0.3 is 15.3 Å². The first-order valence-electron chi connectivity index (χ1n) is 9.18. The van der Waals surface area contributed by atoms with Crippen molar-refractivity contribution in [2.75, 3.05) is 0 Å². The number of nitrogens with zero attached hydrogens (tertiary/aromatic N) is 4. The molecule has 0 aliphatic carbocycles. The third kappa shape index (κ3) is 3.95. The number of phenolic OH excluding ortho intramolecular Hbond substituents is 3. The molecule has 7 nitrogen and oxygen atoms in total. The largest absolute Gasteiger partial charge is 0.507 e. The maximum absolute atomic E-state index is 10.2. The molecular weight excluding hydrogens is 380 g/mol. The van der Waals surface area contributed by atoms with Gasteiger partial charge in [0, 0.05) is 22.9 Å². The Labute approximate surface area is 172 Å². The number of hydrogen-bond donors (Lipinski definition) is 3. The van der Waals surface area contributed by atoms with E-state index < -0.39 is 0 Å². The highest BCUT2D eigenvalue weighted by atomic mass is 16.3. The van der Waals surface area contributed by atoms with Crippen molar-refractivity contribution in [2.24, 2.45) is 20.5 Å². The van der Waals surface area contributed by atoms with Gasteiger partial charge in [-0.2, -0.15) is 10.2 Å². The molecule has 0 unspecified atom stereocenters. The Morgan fingerprint density at radius 3 is 2.07 bits per heavy atom. The lowest BCUT2D eigenvalue weighted by Crippen LogP contribution is -1.77. The Morgan fingerprint density at radius 1 is 0.567 bits per heavy atom. The first kappa shape index (κ1) is 19.1. The van der Waals surface area contributed by atoms with Gasteiger partial charge >= 0.3 is 0 Å². The second-order valence-electron chi connectivity index (χ2n) is 6.72. The second-order valence-corrected chi connectivity index (χ2v) is 6.72. The third-order valence-electron chi connectivity index (χ3n) is 4.47. The van der Waals surface area contributed by atoms with Gasteiger partial charge in [0.15, 0.2) is 0 Å². The standard InChI is InChI=1S/C23H18N4O3/c1-14-5-4-6-15(11-14)24-26-19-10-9-16(12-21(19)29)25-27-23-18-8-3-2-7-17(18)20(28)13-22(23)30/h2-13,28-30H,1H3/b26-24+,27-25+. The van der Waals surface area contributed by atoms with E-state index >= 15 is 0 Å². The van der Waals surface area contributed by atoms with E-state index in [0.717, 1.165) is 5.56 Å². The summed E-state index contributed by atoms with van der Waals surface area (Å²) in [6.45, 7) is 1.96. The molecule has 0 heterocycles. The van der Waals surface area contributed by atoms with Gasteiger partial charge in [-0.1, -0.05) is 36.4 Å². The fraction of sp³-hybridized carbons (Fsp3) is 0.0435. The molecule has 0 bridgehead atoms. The van der Waals surface area contributed by atoms with Crippen LogP contribution in [0, 0.1) is 6.92 Å². The number of aryl methyl sites for hydroxylation is 1. The summed E-state index contributed by atoms with van der Waals surface area (Å²) >= 11 is 0. The molecule has 0 spiro atoms. The van der Waals surface area contributed by atoms with Crippen LogP contribution in [0.3, 0.4) is 0 Å². The van der Waals surface area contributed by atoms with Crippen molar-refractivity contribution >= 4 is 33.5 Å². The summed E-state index contributed by atoms with van der Waals surface area (Å²) in [6, 6.07) is 20.4. The van der Waals surface area contributed by atoms with E-state index in [1.165, 1.54) is 12.1 Å². The highest BCUT2D eigenvalue weighted by Gasteiger charge is 2.11. The summed E-state index contributed by atoms with van der Waals surface area (Å²) in [5, 5.41) is 48.0. The van der Waals surface area contributed by atoms with Crippen LogP contribution in [-0.4, -0.2) is 15.3 Å². The summed E-state index contributed by atoms with van der Waals surface area (Å²) in [5.74, 6) is -0.326. The van der Waals surface area contributed by atoms with Crippen molar-refractivity contribution < 1.29 is 15.3 Å². The molecule has 0 saturated carbocycles. The number of hydrogen-bond acceptors (Lipinski definition) is 7. The van der Waals surface area contributed by atoms with E-state index in [4.69, 9.17) is 0 Å². The monoisotopic (exact) mass is 398 g/mol. The predicted molar refractivity (Wildman–Crippen MR) is 115 cm³/mol. The van der Waals surface area contributed by atoms with Gasteiger partial charge in [-0.05, 0) is 36.8 Å². The van der Waals surface area contributed by atoms with E-state index in [-0.39, 0.29) is 22.9 Å². The minimum Gasteiger partial charge on any atom is -0.507 e. The van der Waals surface area contributed by atoms with Gasteiger partial charge in [0.2, 0.25) is 0 Å². The Bertz CT molecular complexity index is 1300. The number of rotatable bonds is 4. The molecule has 148 valence electrons. The summed E-state index contributed by atoms with van der Waals surface area (Å²) < 4.78 is 0. The highest BCUT2D eigenvalue weighted by Crippen LogP contribution is 2.41. The van der Waals surface area contributed by atoms with Crippen LogP contribution in [0.5, 0.6) is 17.2 Å². The molecule has 0 radical (unpaired) electrons. The van der Waals surface area contributed by atoms with Crippen LogP contribution >= 0.6 is 0 Å². The molecule has 0 fully saturated rings. The van der Waals surface area contributed by atoms with Crippen LogP contribution in [0.1, 0.15) is 5.56 Å². The summed E-state index contributed by atoms with van der Waals surface area (Å²) in [7, 11) is 0. The van der Waals surface area contributed by atoms with Crippen molar-refractivity contribution in [3.05, 3.63) is 78.4 Å². The van der Waals surface area contributed by atoms with E-state index in [1.807, 2.05) is 31.2 Å². The normalized spacial score (nSPS) is 11.6. The van der Waals surface area contributed by atoms with Gasteiger partial charge in [0.1, 0.15) is 28.6 Å². The molecule has 7 heteroatoms. The number of phenols is 3. The molecule has 4 rings (SSSR count). The molecule has 4 aromatic carbocycles. The Balaban J connectivity index is 1.62. The topological polar surface area (TPSA) is 110 Å². The van der Waals surface area contributed by atoms with Crippen molar-refractivity contribution in [3.63, 3.8) is 0 Å². The van der Waals surface area contributed by atoms with Crippen LogP contribution in [-0.2, 0) is 0 Å². The van der Waals surface area contributed by atoms with Crippen LogP contribution < -0.4 is 0 Å². The van der Waals surface area contributed by atoms with Crippen molar-refractivity contribution in [1.29, 1.82) is 0 Å². The Morgan fingerprint density at radius 2 is 1.30 bits per heavy atom. The van der Waals surface area contributed by atoms with E-state index in [2.05, 4.69) is 20.5 Å². The molecule has 0 aliphatic rings. The predicted octanol–water partition coefficient (Wildman–Crippen LogP) is 7.10. The van der Waals surface area contributed by atoms with Crippen LogP contribution in [0.15, 0.2) is 93.3 Å². The van der Waals surface area contributed by atoms with E-state index in [1.54, 1.807) is 36.4 Å². The SMILES string of the molecule is Cc1cccc(/N=N/c2ccc(/N=N/c3c(O)cc(O)c4ccccc34)cc2O)c1. The van der Waals surface area contributed by atoms with Gasteiger partial charge in [0.25, 0.3) is 0 Å². The zero-order valence-corrected chi connectivity index (χ0v) is 16.1. The highest BCUT2D eigenvalue weighted by molar-refractivity contribution is 5.99. The fourth-order valence-electron chi connectivity index (χ4n) is 3.00. The number of benzene rings is 4. The van der Waals surface area contributed by atoms with Gasteiger partial charge in [0.05, 0.1) is 11.4 Å². The maximum Gasteiger partial charge on any atom is 0.147 e. The third-order valence-corrected chi connectivity index (χ3v) is 4.47. The number of azo groups is 2. The number of fused-ring (bicyclic) bond motifs is 1. The van der Waals surface area contributed by atoms with Gasteiger partial charge in [-0.15, -0.1) is 10.2 Å². The van der Waals surface area contributed by atoms with Crippen molar-refractivity contribution in [2.45, 2.75) is 6.92 Å².